The molecule has 1 atom stereocenters. The summed E-state index contributed by atoms with van der Waals surface area (Å²) in [6.45, 7) is 3.54. The van der Waals surface area contributed by atoms with Crippen LogP contribution in [0.5, 0.6) is 0 Å². The highest BCUT2D eigenvalue weighted by atomic mass is 16.3. The average molecular weight is 196 g/mol. The molecule has 0 aliphatic carbocycles. The quantitative estimate of drug-likeness (QED) is 0.686. The van der Waals surface area contributed by atoms with Gasteiger partial charge in [-0.1, -0.05) is 0 Å². The molecule has 1 aliphatic rings. The van der Waals surface area contributed by atoms with E-state index in [0.29, 0.717) is 5.82 Å². The number of nitrogens with two attached hydrogens (primary N) is 1. The molecule has 0 amide bonds. The lowest BCUT2D eigenvalue weighted by Crippen LogP contribution is -2.26. The van der Waals surface area contributed by atoms with E-state index in [1.54, 1.807) is 6.07 Å². The maximum Gasteiger partial charge on any atom is 0.145 e. The van der Waals surface area contributed by atoms with Crippen LogP contribution in [0.3, 0.4) is 0 Å². The number of anilines is 1. The highest BCUT2D eigenvalue weighted by Crippen LogP contribution is 2.08. The summed E-state index contributed by atoms with van der Waals surface area (Å²) in [4.78, 5) is 2.24. The van der Waals surface area contributed by atoms with Crippen LogP contribution in [0.15, 0.2) is 12.3 Å². The van der Waals surface area contributed by atoms with Crippen LogP contribution >= 0.6 is 0 Å². The highest BCUT2D eigenvalue weighted by Gasteiger charge is 2.19. The first kappa shape index (κ1) is 9.48. The minimum Gasteiger partial charge on any atom is -0.392 e. The molecule has 1 fully saturated rings. The third kappa shape index (κ3) is 2.24. The zero-order chi connectivity index (χ0) is 9.97. The van der Waals surface area contributed by atoms with Gasteiger partial charge in [-0.05, 0) is 12.5 Å². The van der Waals surface area contributed by atoms with E-state index in [4.69, 9.17) is 5.73 Å². The Kier molecular flexibility index (Phi) is 2.69. The third-order valence-electron chi connectivity index (χ3n) is 2.55. The fraction of sp³-hybridized carbons (Fsp3) is 0.667. The molecular formula is C9H16N4O. The number of hydrogen-bond donors (Lipinski definition) is 2. The summed E-state index contributed by atoms with van der Waals surface area (Å²) in [6, 6.07) is 1.79. The zero-order valence-electron chi connectivity index (χ0n) is 8.13. The normalized spacial score (nSPS) is 23.1. The van der Waals surface area contributed by atoms with E-state index < -0.39 is 0 Å². The predicted octanol–water partition coefficient (Wildman–Crippen LogP) is -0.468. The molecule has 1 aliphatic heterocycles. The molecule has 1 aromatic heterocycles. The van der Waals surface area contributed by atoms with Crippen molar-refractivity contribution in [3.05, 3.63) is 12.3 Å². The lowest BCUT2D eigenvalue weighted by Gasteiger charge is -2.14. The molecule has 5 heteroatoms. The smallest absolute Gasteiger partial charge is 0.145 e. The number of hydrogen-bond acceptors (Lipinski definition) is 4. The van der Waals surface area contributed by atoms with Crippen molar-refractivity contribution in [2.75, 3.05) is 25.4 Å². The van der Waals surface area contributed by atoms with Gasteiger partial charge >= 0.3 is 0 Å². The van der Waals surface area contributed by atoms with Crippen LogP contribution in [0.4, 0.5) is 5.82 Å². The number of nitrogen functional groups attached to an aromatic ring is 1. The third-order valence-corrected chi connectivity index (χ3v) is 2.55. The maximum atomic E-state index is 9.32. The van der Waals surface area contributed by atoms with Gasteiger partial charge in [-0.15, -0.1) is 0 Å². The fourth-order valence-corrected chi connectivity index (χ4v) is 1.76. The SMILES string of the molecule is Nc1ccn(CCN2CCC(O)C2)n1. The number of nitrogens with zero attached hydrogens (tertiary/aromatic N) is 3. The number of aliphatic hydroxyl groups is 1. The standard InChI is InChI=1S/C9H16N4O/c10-9-2-4-13(11-9)6-5-12-3-1-8(14)7-12/h2,4,8,14H,1,3,5-7H2,(H2,10,11). The van der Waals surface area contributed by atoms with Crippen molar-refractivity contribution in [1.82, 2.24) is 14.7 Å². The highest BCUT2D eigenvalue weighted by molar-refractivity contribution is 5.23. The van der Waals surface area contributed by atoms with Crippen molar-refractivity contribution in [3.8, 4) is 0 Å². The summed E-state index contributed by atoms with van der Waals surface area (Å²) in [5.74, 6) is 0.562. The maximum absolute atomic E-state index is 9.32. The molecule has 0 saturated carbocycles. The zero-order valence-corrected chi connectivity index (χ0v) is 8.13. The van der Waals surface area contributed by atoms with Crippen LogP contribution in [-0.4, -0.2) is 45.5 Å². The minimum atomic E-state index is -0.141. The summed E-state index contributed by atoms with van der Waals surface area (Å²) in [5.41, 5.74) is 5.50. The Bertz CT molecular complexity index is 299. The van der Waals surface area contributed by atoms with Crippen molar-refractivity contribution in [2.45, 2.75) is 19.1 Å². The van der Waals surface area contributed by atoms with Gasteiger partial charge < -0.3 is 10.8 Å². The van der Waals surface area contributed by atoms with Crippen LogP contribution in [0.2, 0.25) is 0 Å². The predicted molar refractivity (Wildman–Crippen MR) is 53.7 cm³/mol. The molecule has 78 valence electrons. The monoisotopic (exact) mass is 196 g/mol. The van der Waals surface area contributed by atoms with Crippen molar-refractivity contribution in [2.24, 2.45) is 0 Å². The van der Waals surface area contributed by atoms with E-state index in [-0.39, 0.29) is 6.10 Å². The van der Waals surface area contributed by atoms with Crippen molar-refractivity contribution >= 4 is 5.82 Å². The van der Waals surface area contributed by atoms with E-state index in [1.165, 1.54) is 0 Å². The van der Waals surface area contributed by atoms with Crippen LogP contribution in [0.1, 0.15) is 6.42 Å². The van der Waals surface area contributed by atoms with Gasteiger partial charge in [0.15, 0.2) is 0 Å². The topological polar surface area (TPSA) is 67.3 Å². The number of likely N-dealkylation sites (tertiary alicyclic amines) is 1. The minimum absolute atomic E-state index is 0.141. The summed E-state index contributed by atoms with van der Waals surface area (Å²) in [6.07, 6.45) is 2.63. The Morgan fingerprint density at radius 2 is 2.43 bits per heavy atom. The van der Waals surface area contributed by atoms with Crippen molar-refractivity contribution < 1.29 is 5.11 Å². The van der Waals surface area contributed by atoms with Crippen molar-refractivity contribution in [3.63, 3.8) is 0 Å². The number of rotatable bonds is 3. The molecule has 1 unspecified atom stereocenters. The number of aliphatic hydroxyl groups excluding tert-OH is 1. The molecule has 0 radical (unpaired) electrons. The van der Waals surface area contributed by atoms with E-state index in [9.17, 15) is 5.11 Å². The second-order valence-corrected chi connectivity index (χ2v) is 3.75. The van der Waals surface area contributed by atoms with E-state index in [0.717, 1.165) is 32.6 Å². The molecule has 5 nitrogen and oxygen atoms in total. The number of aromatic nitrogens is 2. The molecule has 0 aromatic carbocycles. The van der Waals surface area contributed by atoms with Gasteiger partial charge in [-0.25, -0.2) is 0 Å². The Labute approximate surface area is 83.1 Å². The second-order valence-electron chi connectivity index (χ2n) is 3.75. The molecular weight excluding hydrogens is 180 g/mol. The van der Waals surface area contributed by atoms with Crippen LogP contribution < -0.4 is 5.73 Å². The van der Waals surface area contributed by atoms with E-state index in [2.05, 4.69) is 10.00 Å². The van der Waals surface area contributed by atoms with Crippen molar-refractivity contribution in [1.29, 1.82) is 0 Å². The van der Waals surface area contributed by atoms with E-state index >= 15 is 0 Å². The molecule has 0 spiro atoms. The first-order valence-corrected chi connectivity index (χ1v) is 4.93. The molecule has 3 N–H and O–H groups in total. The summed E-state index contributed by atoms with van der Waals surface area (Å²) in [7, 11) is 0. The van der Waals surface area contributed by atoms with Gasteiger partial charge in [-0.3, -0.25) is 9.58 Å². The Balaban J connectivity index is 1.77. The Morgan fingerprint density at radius 3 is 3.00 bits per heavy atom. The molecule has 0 bridgehead atoms. The summed E-state index contributed by atoms with van der Waals surface area (Å²) in [5, 5.41) is 13.4. The average Bonchev–Trinajstić information content (AvgIpc) is 2.72. The Hall–Kier alpha value is -1.07. The molecule has 2 heterocycles. The van der Waals surface area contributed by atoms with Gasteiger partial charge in [0.25, 0.3) is 0 Å². The van der Waals surface area contributed by atoms with Gasteiger partial charge in [0.1, 0.15) is 5.82 Å². The van der Waals surface area contributed by atoms with Gasteiger partial charge in [0.05, 0.1) is 12.6 Å². The Morgan fingerprint density at radius 1 is 1.57 bits per heavy atom. The first-order valence-electron chi connectivity index (χ1n) is 4.93. The second kappa shape index (κ2) is 3.98. The van der Waals surface area contributed by atoms with Crippen LogP contribution in [-0.2, 0) is 6.54 Å². The van der Waals surface area contributed by atoms with Crippen LogP contribution in [0.25, 0.3) is 0 Å². The van der Waals surface area contributed by atoms with Crippen LogP contribution in [0, 0.1) is 0 Å². The van der Waals surface area contributed by atoms with E-state index in [1.807, 2.05) is 10.9 Å². The largest absolute Gasteiger partial charge is 0.392 e. The molecule has 14 heavy (non-hydrogen) atoms. The van der Waals surface area contributed by atoms with Gasteiger partial charge in [-0.2, -0.15) is 5.10 Å². The molecule has 1 aromatic rings. The lowest BCUT2D eigenvalue weighted by molar-refractivity contribution is 0.174. The summed E-state index contributed by atoms with van der Waals surface area (Å²) >= 11 is 0. The van der Waals surface area contributed by atoms with Gasteiger partial charge in [0, 0.05) is 25.8 Å². The van der Waals surface area contributed by atoms with Gasteiger partial charge in [0.2, 0.25) is 0 Å². The lowest BCUT2D eigenvalue weighted by atomic mass is 10.3. The number of β-amino-alcohol motifs (C(OH)–C–C–N with tert-alkyl or cyclic N) is 1. The summed E-state index contributed by atoms with van der Waals surface area (Å²) < 4.78 is 1.83. The first-order chi connectivity index (χ1) is 6.74. The fourth-order valence-electron chi connectivity index (χ4n) is 1.76. The molecule has 2 rings (SSSR count). The molecule has 1 saturated heterocycles.